The van der Waals surface area contributed by atoms with Crippen molar-refractivity contribution in [2.75, 3.05) is 11.9 Å². The first-order chi connectivity index (χ1) is 9.28. The van der Waals surface area contributed by atoms with Crippen LogP contribution >= 0.6 is 0 Å². The molecule has 1 atom stereocenters. The number of hydrogen-bond donors (Lipinski definition) is 2. The summed E-state index contributed by atoms with van der Waals surface area (Å²) in [4.78, 5) is 11.9. The number of carbonyl (C=O) groups excluding carboxylic acids is 1. The molecule has 0 saturated carbocycles. The first-order valence-electron chi connectivity index (χ1n) is 7.40. The highest BCUT2D eigenvalue weighted by Gasteiger charge is 2.17. The van der Waals surface area contributed by atoms with Crippen LogP contribution < -0.4 is 10.6 Å². The third-order valence-electron chi connectivity index (χ3n) is 3.65. The van der Waals surface area contributed by atoms with Crippen molar-refractivity contribution >= 4 is 11.6 Å². The van der Waals surface area contributed by atoms with Crippen molar-refractivity contribution in [3.05, 3.63) is 29.8 Å². The number of carbonyl (C=O) groups is 1. The van der Waals surface area contributed by atoms with Crippen molar-refractivity contribution in [2.24, 2.45) is 0 Å². The van der Waals surface area contributed by atoms with Crippen molar-refractivity contribution < 1.29 is 4.79 Å². The van der Waals surface area contributed by atoms with E-state index < -0.39 is 0 Å². The van der Waals surface area contributed by atoms with Gasteiger partial charge in [-0.3, -0.25) is 4.79 Å². The molecule has 1 fully saturated rings. The van der Waals surface area contributed by atoms with Crippen LogP contribution in [-0.2, 0) is 11.2 Å². The first-order valence-corrected chi connectivity index (χ1v) is 7.40. The molecule has 1 heterocycles. The number of nitrogens with one attached hydrogen (secondary N) is 2. The van der Waals surface area contributed by atoms with Crippen LogP contribution in [0.25, 0.3) is 0 Å². The Morgan fingerprint density at radius 3 is 2.79 bits per heavy atom. The molecule has 0 radical (unpaired) electrons. The van der Waals surface area contributed by atoms with E-state index >= 15 is 0 Å². The minimum atomic E-state index is 0.112. The lowest BCUT2D eigenvalue weighted by atomic mass is 10.1. The summed E-state index contributed by atoms with van der Waals surface area (Å²) in [6, 6.07) is 8.59. The highest BCUT2D eigenvalue weighted by atomic mass is 16.1. The van der Waals surface area contributed by atoms with Crippen LogP contribution in [0.2, 0.25) is 0 Å². The third-order valence-corrected chi connectivity index (χ3v) is 3.65. The number of aryl methyl sites for hydroxylation is 1. The highest BCUT2D eigenvalue weighted by molar-refractivity contribution is 5.91. The number of anilines is 1. The molecule has 0 aliphatic carbocycles. The molecule has 2 N–H and O–H groups in total. The molecule has 1 unspecified atom stereocenters. The Morgan fingerprint density at radius 1 is 1.37 bits per heavy atom. The van der Waals surface area contributed by atoms with Gasteiger partial charge >= 0.3 is 0 Å². The maximum absolute atomic E-state index is 11.9. The summed E-state index contributed by atoms with van der Waals surface area (Å²) in [5.74, 6) is 0.112. The Labute approximate surface area is 115 Å². The summed E-state index contributed by atoms with van der Waals surface area (Å²) in [5.41, 5.74) is 2.25. The number of unbranched alkanes of at least 4 members (excludes halogenated alkanes) is 1. The van der Waals surface area contributed by atoms with E-state index in [0.717, 1.165) is 25.1 Å². The Hall–Kier alpha value is -1.35. The van der Waals surface area contributed by atoms with Gasteiger partial charge in [0.05, 0.1) is 0 Å². The molecule has 1 amide bonds. The molecular formula is C16H24N2O. The molecule has 0 bridgehead atoms. The van der Waals surface area contributed by atoms with E-state index in [9.17, 15) is 4.79 Å². The number of amides is 1. The molecule has 0 aromatic heterocycles. The van der Waals surface area contributed by atoms with Gasteiger partial charge in [0.2, 0.25) is 5.91 Å². The second kappa shape index (κ2) is 7.29. The van der Waals surface area contributed by atoms with Crippen LogP contribution in [0.1, 0.15) is 44.6 Å². The molecule has 0 spiro atoms. The average Bonchev–Trinajstić information content (AvgIpc) is 2.90. The molecule has 1 aliphatic heterocycles. The maximum atomic E-state index is 11.9. The fourth-order valence-electron chi connectivity index (χ4n) is 2.50. The summed E-state index contributed by atoms with van der Waals surface area (Å²) >= 11 is 0. The normalized spacial score (nSPS) is 18.5. The number of rotatable bonds is 6. The monoisotopic (exact) mass is 260 g/mol. The molecule has 3 heteroatoms. The van der Waals surface area contributed by atoms with Crippen LogP contribution in [0.5, 0.6) is 0 Å². The smallest absolute Gasteiger partial charge is 0.225 e. The maximum Gasteiger partial charge on any atom is 0.225 e. The molecule has 1 saturated heterocycles. The summed E-state index contributed by atoms with van der Waals surface area (Å²) in [5, 5.41) is 6.32. The van der Waals surface area contributed by atoms with Gasteiger partial charge in [-0.05, 0) is 49.9 Å². The van der Waals surface area contributed by atoms with E-state index in [1.807, 2.05) is 12.1 Å². The van der Waals surface area contributed by atoms with E-state index in [2.05, 4.69) is 29.7 Å². The minimum Gasteiger partial charge on any atom is -0.326 e. The molecule has 2 rings (SSSR count). The minimum absolute atomic E-state index is 0.112. The predicted molar refractivity (Wildman–Crippen MR) is 79.3 cm³/mol. The summed E-state index contributed by atoms with van der Waals surface area (Å²) in [6.45, 7) is 3.25. The van der Waals surface area contributed by atoms with Crippen LogP contribution in [0, 0.1) is 0 Å². The van der Waals surface area contributed by atoms with Crippen molar-refractivity contribution in [3.8, 4) is 0 Å². The molecule has 1 aromatic rings. The molecule has 3 nitrogen and oxygen atoms in total. The van der Waals surface area contributed by atoms with Gasteiger partial charge in [0.25, 0.3) is 0 Å². The Kier molecular flexibility index (Phi) is 5.40. The average molecular weight is 260 g/mol. The van der Waals surface area contributed by atoms with E-state index in [-0.39, 0.29) is 5.91 Å². The van der Waals surface area contributed by atoms with Gasteiger partial charge in [0, 0.05) is 18.2 Å². The second-order valence-corrected chi connectivity index (χ2v) is 5.35. The molecule has 104 valence electrons. The van der Waals surface area contributed by atoms with E-state index in [1.165, 1.54) is 24.8 Å². The number of benzene rings is 1. The molecule has 19 heavy (non-hydrogen) atoms. The Balaban J connectivity index is 1.79. The zero-order valence-corrected chi connectivity index (χ0v) is 11.7. The Bertz CT molecular complexity index is 394. The number of hydrogen-bond acceptors (Lipinski definition) is 2. The largest absolute Gasteiger partial charge is 0.326 e. The van der Waals surface area contributed by atoms with Crippen molar-refractivity contribution in [3.63, 3.8) is 0 Å². The topological polar surface area (TPSA) is 41.1 Å². The lowest BCUT2D eigenvalue weighted by Gasteiger charge is -2.10. The quantitative estimate of drug-likeness (QED) is 0.825. The van der Waals surface area contributed by atoms with Gasteiger partial charge in [-0.1, -0.05) is 25.5 Å². The fourth-order valence-corrected chi connectivity index (χ4v) is 2.50. The van der Waals surface area contributed by atoms with Crippen LogP contribution in [-0.4, -0.2) is 18.5 Å². The lowest BCUT2D eigenvalue weighted by molar-refractivity contribution is -0.116. The van der Waals surface area contributed by atoms with Gasteiger partial charge in [-0.2, -0.15) is 0 Å². The molecule has 1 aromatic carbocycles. The standard InChI is InChI=1S/C16H24N2O/c1-2-3-5-13-7-9-14(10-8-13)18-16(19)12-15-6-4-11-17-15/h7-10,15,17H,2-6,11-12H2,1H3,(H,18,19). The second-order valence-electron chi connectivity index (χ2n) is 5.35. The fraction of sp³-hybridized carbons (Fsp3) is 0.562. The molecular weight excluding hydrogens is 236 g/mol. The Morgan fingerprint density at radius 2 is 2.16 bits per heavy atom. The van der Waals surface area contributed by atoms with Gasteiger partial charge < -0.3 is 10.6 Å². The zero-order valence-electron chi connectivity index (χ0n) is 11.7. The van der Waals surface area contributed by atoms with Crippen LogP contribution in [0.15, 0.2) is 24.3 Å². The van der Waals surface area contributed by atoms with Crippen molar-refractivity contribution in [1.29, 1.82) is 0 Å². The SMILES string of the molecule is CCCCc1ccc(NC(=O)CC2CCCN2)cc1. The van der Waals surface area contributed by atoms with Crippen LogP contribution in [0.3, 0.4) is 0 Å². The van der Waals surface area contributed by atoms with E-state index in [1.54, 1.807) is 0 Å². The van der Waals surface area contributed by atoms with E-state index in [0.29, 0.717) is 12.5 Å². The summed E-state index contributed by atoms with van der Waals surface area (Å²) in [6.07, 6.45) is 6.44. The summed E-state index contributed by atoms with van der Waals surface area (Å²) in [7, 11) is 0. The molecule has 1 aliphatic rings. The zero-order chi connectivity index (χ0) is 13.5. The van der Waals surface area contributed by atoms with Gasteiger partial charge in [0.15, 0.2) is 0 Å². The predicted octanol–water partition coefficient (Wildman–Crippen LogP) is 3.11. The lowest BCUT2D eigenvalue weighted by Crippen LogP contribution is -2.27. The van der Waals surface area contributed by atoms with Crippen LogP contribution in [0.4, 0.5) is 5.69 Å². The third kappa shape index (κ3) is 4.67. The van der Waals surface area contributed by atoms with Crippen molar-refractivity contribution in [1.82, 2.24) is 5.32 Å². The van der Waals surface area contributed by atoms with E-state index in [4.69, 9.17) is 0 Å². The van der Waals surface area contributed by atoms with Gasteiger partial charge in [0.1, 0.15) is 0 Å². The summed E-state index contributed by atoms with van der Waals surface area (Å²) < 4.78 is 0. The van der Waals surface area contributed by atoms with Gasteiger partial charge in [-0.15, -0.1) is 0 Å². The highest BCUT2D eigenvalue weighted by Crippen LogP contribution is 2.14. The first kappa shape index (κ1) is 14.1. The van der Waals surface area contributed by atoms with Crippen molar-refractivity contribution in [2.45, 2.75) is 51.5 Å². The van der Waals surface area contributed by atoms with Gasteiger partial charge in [-0.25, -0.2) is 0 Å².